The van der Waals surface area contributed by atoms with Crippen molar-refractivity contribution in [2.75, 3.05) is 44.3 Å². The molecule has 2 N–H and O–H groups in total. The molecule has 0 aromatic heterocycles. The standard InChI is InChI=1S/C19H27ClN4O3/c1-19(2,3)27-18(25)24-6-7-26-12-16(24)13-8-14(20)10-15(9-13)23-5-4-22-17(21)11-23/h8-10,16H,4-7,11-12H2,1-3H3,(H2,21,22)/t16-/m0/s1. The number of carbonyl (C=O) groups is 1. The van der Waals surface area contributed by atoms with Crippen molar-refractivity contribution in [1.82, 2.24) is 4.90 Å². The quantitative estimate of drug-likeness (QED) is 0.834. The highest BCUT2D eigenvalue weighted by Crippen LogP contribution is 2.32. The van der Waals surface area contributed by atoms with Crippen LogP contribution >= 0.6 is 11.6 Å². The average Bonchev–Trinajstić information content (AvgIpc) is 2.60. The number of ether oxygens (including phenoxy) is 2. The second-order valence-corrected chi connectivity index (χ2v) is 8.24. The summed E-state index contributed by atoms with van der Waals surface area (Å²) in [7, 11) is 0. The van der Waals surface area contributed by atoms with Gasteiger partial charge in [-0.3, -0.25) is 9.89 Å². The minimum Gasteiger partial charge on any atom is -0.444 e. The maximum absolute atomic E-state index is 12.7. The Hall–Kier alpha value is -1.99. The van der Waals surface area contributed by atoms with Crippen molar-refractivity contribution in [3.05, 3.63) is 28.8 Å². The number of anilines is 1. The van der Waals surface area contributed by atoms with Crippen LogP contribution in [0.5, 0.6) is 0 Å². The highest BCUT2D eigenvalue weighted by molar-refractivity contribution is 6.31. The van der Waals surface area contributed by atoms with Crippen molar-refractivity contribution < 1.29 is 14.3 Å². The number of carbonyl (C=O) groups excluding carboxylic acids is 1. The van der Waals surface area contributed by atoms with Crippen LogP contribution in [0, 0.1) is 0 Å². The number of morpholine rings is 1. The fourth-order valence-corrected chi connectivity index (χ4v) is 3.49. The SMILES string of the molecule is CC(C)(C)OC(=O)N1CCOC[C@H]1c1cc(Cl)cc(N2CCN=C(N)C2)c1. The van der Waals surface area contributed by atoms with Crippen LogP contribution in [-0.2, 0) is 9.47 Å². The molecule has 2 heterocycles. The first kappa shape index (κ1) is 19.8. The topological polar surface area (TPSA) is 80.4 Å². The van der Waals surface area contributed by atoms with Crippen LogP contribution in [0.3, 0.4) is 0 Å². The van der Waals surface area contributed by atoms with E-state index in [1.54, 1.807) is 4.90 Å². The molecule has 0 spiro atoms. The van der Waals surface area contributed by atoms with Crippen molar-refractivity contribution in [2.45, 2.75) is 32.4 Å². The number of benzene rings is 1. The van der Waals surface area contributed by atoms with Gasteiger partial charge in [0.15, 0.2) is 0 Å². The van der Waals surface area contributed by atoms with Crippen molar-refractivity contribution in [2.24, 2.45) is 10.7 Å². The molecule has 27 heavy (non-hydrogen) atoms. The monoisotopic (exact) mass is 394 g/mol. The number of halogens is 1. The second-order valence-electron chi connectivity index (χ2n) is 7.80. The number of hydrogen-bond acceptors (Lipinski definition) is 6. The molecule has 0 saturated carbocycles. The zero-order valence-electron chi connectivity index (χ0n) is 16.1. The number of amidine groups is 1. The van der Waals surface area contributed by atoms with Gasteiger partial charge in [0, 0.05) is 23.8 Å². The van der Waals surface area contributed by atoms with E-state index in [0.29, 0.717) is 43.7 Å². The van der Waals surface area contributed by atoms with E-state index in [4.69, 9.17) is 26.8 Å². The molecule has 1 aromatic rings. The average molecular weight is 395 g/mol. The van der Waals surface area contributed by atoms with Gasteiger partial charge in [0.2, 0.25) is 0 Å². The molecular weight excluding hydrogens is 368 g/mol. The highest BCUT2D eigenvalue weighted by Gasteiger charge is 2.32. The molecular formula is C19H27ClN4O3. The zero-order chi connectivity index (χ0) is 19.6. The van der Waals surface area contributed by atoms with Gasteiger partial charge in [-0.05, 0) is 44.5 Å². The number of amides is 1. The minimum atomic E-state index is -0.551. The van der Waals surface area contributed by atoms with Crippen LogP contribution in [0.25, 0.3) is 0 Å². The molecule has 2 aliphatic heterocycles. The molecule has 148 valence electrons. The summed E-state index contributed by atoms with van der Waals surface area (Å²) in [5.74, 6) is 0.610. The van der Waals surface area contributed by atoms with Gasteiger partial charge < -0.3 is 20.1 Å². The molecule has 1 saturated heterocycles. The molecule has 0 aliphatic carbocycles. The van der Waals surface area contributed by atoms with E-state index in [2.05, 4.69) is 9.89 Å². The van der Waals surface area contributed by atoms with E-state index in [9.17, 15) is 4.79 Å². The van der Waals surface area contributed by atoms with Gasteiger partial charge in [-0.1, -0.05) is 11.6 Å². The van der Waals surface area contributed by atoms with Crippen molar-refractivity contribution in [1.29, 1.82) is 0 Å². The normalized spacial score (nSPS) is 21.0. The van der Waals surface area contributed by atoms with Gasteiger partial charge in [-0.25, -0.2) is 4.79 Å². The van der Waals surface area contributed by atoms with E-state index >= 15 is 0 Å². The molecule has 1 atom stereocenters. The Morgan fingerprint density at radius 2 is 2.11 bits per heavy atom. The number of nitrogens with two attached hydrogens (primary N) is 1. The summed E-state index contributed by atoms with van der Waals surface area (Å²) in [4.78, 5) is 20.8. The van der Waals surface area contributed by atoms with Crippen molar-refractivity contribution in [3.63, 3.8) is 0 Å². The summed E-state index contributed by atoms with van der Waals surface area (Å²) in [6, 6.07) is 5.58. The lowest BCUT2D eigenvalue weighted by atomic mass is 10.0. The number of rotatable bonds is 2. The van der Waals surface area contributed by atoms with Gasteiger partial charge in [-0.2, -0.15) is 0 Å². The molecule has 2 aliphatic rings. The highest BCUT2D eigenvalue weighted by atomic mass is 35.5. The fraction of sp³-hybridized carbons (Fsp3) is 0.579. The van der Waals surface area contributed by atoms with Crippen molar-refractivity contribution in [3.8, 4) is 0 Å². The van der Waals surface area contributed by atoms with E-state index in [-0.39, 0.29) is 12.1 Å². The van der Waals surface area contributed by atoms with Gasteiger partial charge >= 0.3 is 6.09 Å². The number of hydrogen-bond donors (Lipinski definition) is 1. The first-order chi connectivity index (χ1) is 12.7. The Kier molecular flexibility index (Phi) is 5.81. The summed E-state index contributed by atoms with van der Waals surface area (Å²) in [5.41, 5.74) is 7.22. The van der Waals surface area contributed by atoms with E-state index in [1.807, 2.05) is 39.0 Å². The van der Waals surface area contributed by atoms with Crippen LogP contribution in [0.15, 0.2) is 23.2 Å². The van der Waals surface area contributed by atoms with Crippen LogP contribution in [0.4, 0.5) is 10.5 Å². The largest absolute Gasteiger partial charge is 0.444 e. The molecule has 1 aromatic carbocycles. The van der Waals surface area contributed by atoms with Crippen LogP contribution in [0.1, 0.15) is 32.4 Å². The Bertz CT molecular complexity index is 732. The van der Waals surface area contributed by atoms with E-state index in [0.717, 1.165) is 17.8 Å². The third-order valence-corrected chi connectivity index (χ3v) is 4.67. The lowest BCUT2D eigenvalue weighted by Gasteiger charge is -2.37. The van der Waals surface area contributed by atoms with Crippen LogP contribution in [-0.4, -0.2) is 61.8 Å². The van der Waals surface area contributed by atoms with Gasteiger partial charge in [-0.15, -0.1) is 0 Å². The molecule has 3 rings (SSSR count). The van der Waals surface area contributed by atoms with Gasteiger partial charge in [0.05, 0.1) is 32.3 Å². The lowest BCUT2D eigenvalue weighted by molar-refractivity contribution is -0.0331. The Morgan fingerprint density at radius 3 is 2.81 bits per heavy atom. The molecule has 1 amide bonds. The van der Waals surface area contributed by atoms with Crippen molar-refractivity contribution >= 4 is 29.2 Å². The summed E-state index contributed by atoms with van der Waals surface area (Å²) < 4.78 is 11.2. The molecule has 0 unspecified atom stereocenters. The fourth-order valence-electron chi connectivity index (χ4n) is 3.25. The van der Waals surface area contributed by atoms with E-state index in [1.165, 1.54) is 0 Å². The lowest BCUT2D eigenvalue weighted by Crippen LogP contribution is -2.45. The van der Waals surface area contributed by atoms with Crippen LogP contribution < -0.4 is 10.6 Å². The number of aliphatic imine (C=N–C) groups is 1. The Morgan fingerprint density at radius 1 is 1.33 bits per heavy atom. The maximum atomic E-state index is 12.7. The smallest absolute Gasteiger partial charge is 0.410 e. The summed E-state index contributed by atoms with van der Waals surface area (Å²) in [5, 5.41) is 0.610. The third-order valence-electron chi connectivity index (χ3n) is 4.45. The third kappa shape index (κ3) is 5.05. The predicted molar refractivity (Wildman–Crippen MR) is 107 cm³/mol. The maximum Gasteiger partial charge on any atom is 0.410 e. The van der Waals surface area contributed by atoms with E-state index < -0.39 is 5.60 Å². The van der Waals surface area contributed by atoms with Gasteiger partial charge in [0.1, 0.15) is 11.4 Å². The summed E-state index contributed by atoms with van der Waals surface area (Å²) in [6.45, 7) is 8.95. The first-order valence-corrected chi connectivity index (χ1v) is 9.52. The minimum absolute atomic E-state index is 0.248. The molecule has 0 bridgehead atoms. The van der Waals surface area contributed by atoms with Gasteiger partial charge in [0.25, 0.3) is 0 Å². The Labute approximate surface area is 165 Å². The van der Waals surface area contributed by atoms with Crippen LogP contribution in [0.2, 0.25) is 5.02 Å². The summed E-state index contributed by atoms with van der Waals surface area (Å²) in [6.07, 6.45) is -0.341. The Balaban J connectivity index is 1.86. The number of nitrogens with zero attached hydrogens (tertiary/aromatic N) is 3. The summed E-state index contributed by atoms with van der Waals surface area (Å²) >= 11 is 6.39. The predicted octanol–water partition coefficient (Wildman–Crippen LogP) is 2.83. The second kappa shape index (κ2) is 7.94. The molecule has 8 heteroatoms. The first-order valence-electron chi connectivity index (χ1n) is 9.14. The zero-order valence-corrected chi connectivity index (χ0v) is 16.8. The molecule has 0 radical (unpaired) electrons. The molecule has 1 fully saturated rings. The molecule has 7 nitrogen and oxygen atoms in total.